The van der Waals surface area contributed by atoms with Gasteiger partial charge in [0.25, 0.3) is 0 Å². The zero-order valence-electron chi connectivity index (χ0n) is 21.1. The normalized spacial score (nSPS) is 18.2. The van der Waals surface area contributed by atoms with E-state index in [9.17, 15) is 4.79 Å². The molecule has 3 atom stereocenters. The first-order valence-corrected chi connectivity index (χ1v) is 12.9. The minimum Gasteiger partial charge on any atom is -0.460 e. The number of hydrogen-bond donors (Lipinski definition) is 1. The van der Waals surface area contributed by atoms with Crippen LogP contribution in [0.5, 0.6) is 0 Å². The minimum absolute atomic E-state index is 0.214. The van der Waals surface area contributed by atoms with E-state index in [4.69, 9.17) is 19.9 Å². The van der Waals surface area contributed by atoms with Crippen molar-refractivity contribution in [3.05, 3.63) is 96.1 Å². The summed E-state index contributed by atoms with van der Waals surface area (Å²) < 4.78 is 17.5. The number of benzene rings is 3. The van der Waals surface area contributed by atoms with E-state index in [-0.39, 0.29) is 31.5 Å². The molecule has 1 aliphatic rings. The molecule has 0 bridgehead atoms. The van der Waals surface area contributed by atoms with Gasteiger partial charge in [-0.05, 0) is 61.3 Å². The minimum atomic E-state index is -0.876. The molecule has 0 aromatic heterocycles. The van der Waals surface area contributed by atoms with Crippen LogP contribution in [0.15, 0.2) is 84.9 Å². The Bertz CT molecular complexity index is 1060. The first kappa shape index (κ1) is 26.1. The molecule has 2 N–H and O–H groups in total. The van der Waals surface area contributed by atoms with Crippen LogP contribution in [-0.2, 0) is 32.0 Å². The highest BCUT2D eigenvalue weighted by Gasteiger charge is 2.38. The lowest BCUT2D eigenvalue weighted by Gasteiger charge is -2.32. The summed E-state index contributed by atoms with van der Waals surface area (Å²) in [4.78, 5) is 13.3. The Kier molecular flexibility index (Phi) is 9.29. The van der Waals surface area contributed by atoms with Crippen molar-refractivity contribution >= 4 is 5.97 Å². The van der Waals surface area contributed by atoms with E-state index in [0.717, 1.165) is 30.4 Å². The van der Waals surface area contributed by atoms with Gasteiger partial charge in [0.05, 0.1) is 12.0 Å². The van der Waals surface area contributed by atoms with E-state index >= 15 is 0 Å². The zero-order valence-corrected chi connectivity index (χ0v) is 21.1. The molecule has 0 spiro atoms. The van der Waals surface area contributed by atoms with E-state index in [1.807, 2.05) is 55.5 Å². The average molecular weight is 488 g/mol. The number of ether oxygens (including phenoxy) is 3. The lowest BCUT2D eigenvalue weighted by molar-refractivity contribution is -0.190. The Balaban J connectivity index is 1.39. The third kappa shape index (κ3) is 7.50. The molecular weight excluding hydrogens is 450 g/mol. The van der Waals surface area contributed by atoms with Crippen molar-refractivity contribution in [3.8, 4) is 11.1 Å². The van der Waals surface area contributed by atoms with E-state index in [1.165, 1.54) is 11.1 Å². The van der Waals surface area contributed by atoms with Gasteiger partial charge in [0.15, 0.2) is 6.29 Å². The highest BCUT2D eigenvalue weighted by molar-refractivity contribution is 5.76. The summed E-state index contributed by atoms with van der Waals surface area (Å²) in [5.74, 6) is -0.294. The molecule has 5 nitrogen and oxygen atoms in total. The van der Waals surface area contributed by atoms with E-state index < -0.39 is 5.41 Å². The summed E-state index contributed by atoms with van der Waals surface area (Å²) in [7, 11) is 0. The Morgan fingerprint density at radius 1 is 0.944 bits per heavy atom. The van der Waals surface area contributed by atoms with Crippen molar-refractivity contribution in [1.82, 2.24) is 0 Å². The Hall–Kier alpha value is -2.99. The summed E-state index contributed by atoms with van der Waals surface area (Å²) in [5.41, 5.74) is 10.2. The molecule has 190 valence electrons. The number of nitrogens with two attached hydrogens (primary N) is 1. The summed E-state index contributed by atoms with van der Waals surface area (Å²) in [5, 5.41) is 0. The van der Waals surface area contributed by atoms with Crippen LogP contribution in [0.4, 0.5) is 0 Å². The van der Waals surface area contributed by atoms with Gasteiger partial charge < -0.3 is 19.9 Å². The van der Waals surface area contributed by atoms with Gasteiger partial charge in [0.2, 0.25) is 0 Å². The van der Waals surface area contributed by atoms with Gasteiger partial charge in [-0.15, -0.1) is 0 Å². The van der Waals surface area contributed by atoms with Crippen molar-refractivity contribution in [2.24, 2.45) is 11.1 Å². The summed E-state index contributed by atoms with van der Waals surface area (Å²) in [6, 6.07) is 28.2. The molecule has 1 heterocycles. The molecule has 1 aliphatic heterocycles. The summed E-state index contributed by atoms with van der Waals surface area (Å²) in [6.45, 7) is 3.02. The molecule has 3 aromatic carbocycles. The molecule has 0 aliphatic carbocycles. The van der Waals surface area contributed by atoms with Gasteiger partial charge in [0.1, 0.15) is 6.61 Å². The van der Waals surface area contributed by atoms with Gasteiger partial charge in [-0.25, -0.2) is 0 Å². The third-order valence-corrected chi connectivity index (χ3v) is 6.70. The summed E-state index contributed by atoms with van der Waals surface area (Å²) in [6.07, 6.45) is 3.80. The van der Waals surface area contributed by atoms with Crippen molar-refractivity contribution in [3.63, 3.8) is 0 Å². The van der Waals surface area contributed by atoms with Crippen LogP contribution in [0.25, 0.3) is 11.1 Å². The van der Waals surface area contributed by atoms with Gasteiger partial charge in [-0.2, -0.15) is 0 Å². The maximum Gasteiger partial charge on any atom is 0.314 e. The molecule has 3 aromatic rings. The molecule has 0 radical (unpaired) electrons. The van der Waals surface area contributed by atoms with Crippen molar-refractivity contribution in [2.45, 2.75) is 58.0 Å². The molecule has 0 saturated carbocycles. The van der Waals surface area contributed by atoms with Crippen LogP contribution in [0.3, 0.4) is 0 Å². The number of carbonyl (C=O) groups excluding carboxylic acids is 1. The average Bonchev–Trinajstić information content (AvgIpc) is 2.92. The van der Waals surface area contributed by atoms with Crippen molar-refractivity contribution in [2.75, 3.05) is 13.2 Å². The number of carbonyl (C=O) groups is 1. The predicted octanol–water partition coefficient (Wildman–Crippen LogP) is 5.91. The standard InChI is InChI=1S/C31H37NO4/c1-31(23-36-29-14-8-9-19-34-29,30(33)35-22-25-10-4-2-5-11-25)21-28(32)20-24-15-17-27(18-16-24)26-12-6-3-7-13-26/h2-7,10-13,15-18,28-29H,8-9,14,19-23,32H2,1H3/t28-,29?,31+/m1/s1. The highest BCUT2D eigenvalue weighted by atomic mass is 16.7. The summed E-state index contributed by atoms with van der Waals surface area (Å²) >= 11 is 0. The largest absolute Gasteiger partial charge is 0.460 e. The highest BCUT2D eigenvalue weighted by Crippen LogP contribution is 2.29. The fraction of sp³-hybridized carbons (Fsp3) is 0.387. The fourth-order valence-corrected chi connectivity index (χ4v) is 4.64. The zero-order chi connectivity index (χ0) is 25.2. The fourth-order valence-electron chi connectivity index (χ4n) is 4.64. The molecule has 36 heavy (non-hydrogen) atoms. The van der Waals surface area contributed by atoms with Crippen molar-refractivity contribution in [1.29, 1.82) is 0 Å². The van der Waals surface area contributed by atoms with Crippen LogP contribution in [0, 0.1) is 5.41 Å². The number of rotatable bonds is 11. The van der Waals surface area contributed by atoms with Crippen LogP contribution in [0.1, 0.15) is 43.7 Å². The lowest BCUT2D eigenvalue weighted by atomic mass is 9.82. The molecule has 0 amide bonds. The first-order chi connectivity index (χ1) is 17.5. The number of esters is 1. The second-order valence-corrected chi connectivity index (χ2v) is 9.96. The van der Waals surface area contributed by atoms with Crippen LogP contribution < -0.4 is 5.73 Å². The molecule has 1 saturated heterocycles. The van der Waals surface area contributed by atoms with Crippen molar-refractivity contribution < 1.29 is 19.0 Å². The molecular formula is C31H37NO4. The molecule has 1 unspecified atom stereocenters. The molecule has 4 rings (SSSR count). The lowest BCUT2D eigenvalue weighted by Crippen LogP contribution is -2.42. The predicted molar refractivity (Wildman–Crippen MR) is 142 cm³/mol. The van der Waals surface area contributed by atoms with Gasteiger partial charge in [-0.3, -0.25) is 4.79 Å². The maximum atomic E-state index is 13.3. The quantitative estimate of drug-likeness (QED) is 0.341. The Labute approximate surface area is 214 Å². The van der Waals surface area contributed by atoms with Gasteiger partial charge in [0, 0.05) is 12.6 Å². The van der Waals surface area contributed by atoms with Gasteiger partial charge >= 0.3 is 5.97 Å². The Morgan fingerprint density at radius 2 is 1.61 bits per heavy atom. The molecule has 1 fully saturated rings. The van der Waals surface area contributed by atoms with E-state index in [2.05, 4.69) is 36.4 Å². The third-order valence-electron chi connectivity index (χ3n) is 6.70. The second kappa shape index (κ2) is 12.8. The second-order valence-electron chi connectivity index (χ2n) is 9.96. The van der Waals surface area contributed by atoms with E-state index in [1.54, 1.807) is 0 Å². The first-order valence-electron chi connectivity index (χ1n) is 12.9. The monoisotopic (exact) mass is 487 g/mol. The SMILES string of the molecule is C[C@@](COC1CCCCO1)(C[C@H](N)Cc1ccc(-c2ccccc2)cc1)C(=O)OCc1ccccc1. The van der Waals surface area contributed by atoms with E-state index in [0.29, 0.717) is 19.4 Å². The molecule has 5 heteroatoms. The van der Waals surface area contributed by atoms with Crippen LogP contribution in [-0.4, -0.2) is 31.5 Å². The van der Waals surface area contributed by atoms with Gasteiger partial charge in [-0.1, -0.05) is 84.9 Å². The van der Waals surface area contributed by atoms with Crippen LogP contribution >= 0.6 is 0 Å². The van der Waals surface area contributed by atoms with Crippen LogP contribution in [0.2, 0.25) is 0 Å². The number of hydrogen-bond acceptors (Lipinski definition) is 5. The Morgan fingerprint density at radius 3 is 2.28 bits per heavy atom. The topological polar surface area (TPSA) is 70.8 Å². The maximum absolute atomic E-state index is 13.3. The smallest absolute Gasteiger partial charge is 0.314 e.